The van der Waals surface area contributed by atoms with Crippen molar-refractivity contribution in [3.05, 3.63) is 29.8 Å². The summed E-state index contributed by atoms with van der Waals surface area (Å²) in [5.74, 6) is 6.53. The fourth-order valence-corrected chi connectivity index (χ4v) is 1.21. The molecule has 0 unspecified atom stereocenters. The number of ether oxygens (including phenoxy) is 1. The first kappa shape index (κ1) is 11.6. The van der Waals surface area contributed by atoms with Crippen molar-refractivity contribution in [3.8, 4) is 17.6 Å². The van der Waals surface area contributed by atoms with Crippen LogP contribution in [0.15, 0.2) is 24.3 Å². The predicted molar refractivity (Wildman–Crippen MR) is 60.6 cm³/mol. The van der Waals surface area contributed by atoms with Gasteiger partial charge in [-0.05, 0) is 31.5 Å². The molecule has 0 heterocycles. The van der Waals surface area contributed by atoms with E-state index in [0.717, 1.165) is 17.7 Å². The Kier molecular flexibility index (Phi) is 4.73. The van der Waals surface area contributed by atoms with E-state index in [2.05, 4.69) is 11.8 Å². The van der Waals surface area contributed by atoms with Crippen LogP contribution in [0.1, 0.15) is 31.9 Å². The van der Waals surface area contributed by atoms with Crippen LogP contribution >= 0.6 is 0 Å². The van der Waals surface area contributed by atoms with Crippen molar-refractivity contribution >= 4 is 0 Å². The number of aliphatic hydroxyl groups excluding tert-OH is 1. The van der Waals surface area contributed by atoms with E-state index in [1.165, 1.54) is 0 Å². The van der Waals surface area contributed by atoms with Gasteiger partial charge in [0.1, 0.15) is 5.75 Å². The first-order valence-electron chi connectivity index (χ1n) is 5.04. The summed E-state index contributed by atoms with van der Waals surface area (Å²) in [6, 6.07) is 7.49. The van der Waals surface area contributed by atoms with Crippen molar-refractivity contribution < 1.29 is 9.84 Å². The van der Waals surface area contributed by atoms with E-state index in [9.17, 15) is 5.11 Å². The van der Waals surface area contributed by atoms with E-state index in [0.29, 0.717) is 6.61 Å². The second-order valence-electron chi connectivity index (χ2n) is 3.27. The molecular weight excluding hydrogens is 188 g/mol. The van der Waals surface area contributed by atoms with Gasteiger partial charge < -0.3 is 9.84 Å². The van der Waals surface area contributed by atoms with Gasteiger partial charge in [0, 0.05) is 6.42 Å². The molecule has 0 aliphatic heterocycles. The molecule has 0 fully saturated rings. The lowest BCUT2D eigenvalue weighted by Gasteiger charge is -2.08. The van der Waals surface area contributed by atoms with Crippen molar-refractivity contribution in [1.29, 1.82) is 0 Å². The molecule has 0 saturated carbocycles. The zero-order valence-electron chi connectivity index (χ0n) is 9.16. The first-order valence-corrected chi connectivity index (χ1v) is 5.04. The van der Waals surface area contributed by atoms with Crippen LogP contribution in [0.3, 0.4) is 0 Å². The summed E-state index contributed by atoms with van der Waals surface area (Å²) < 4.78 is 5.49. The predicted octanol–water partition coefficient (Wildman–Crippen LogP) is 2.53. The van der Waals surface area contributed by atoms with Crippen molar-refractivity contribution in [2.45, 2.75) is 26.4 Å². The average Bonchev–Trinajstić information content (AvgIpc) is 2.25. The molecule has 1 aromatic rings. The molecule has 0 radical (unpaired) electrons. The summed E-state index contributed by atoms with van der Waals surface area (Å²) in [6.45, 7) is 4.14. The van der Waals surface area contributed by atoms with E-state index in [1.807, 2.05) is 31.2 Å². The number of hydrogen-bond acceptors (Lipinski definition) is 2. The quantitative estimate of drug-likeness (QED) is 0.603. The zero-order chi connectivity index (χ0) is 11.1. The van der Waals surface area contributed by atoms with Gasteiger partial charge in [0.15, 0.2) is 0 Å². The molecule has 15 heavy (non-hydrogen) atoms. The molecule has 0 aliphatic carbocycles. The Balaban J connectivity index is 2.53. The van der Waals surface area contributed by atoms with E-state index in [1.54, 1.807) is 6.92 Å². The molecule has 0 saturated heterocycles. The molecule has 0 spiro atoms. The van der Waals surface area contributed by atoms with Crippen molar-refractivity contribution in [2.75, 3.05) is 6.61 Å². The van der Waals surface area contributed by atoms with Gasteiger partial charge in [-0.2, -0.15) is 0 Å². The molecule has 1 aromatic carbocycles. The van der Waals surface area contributed by atoms with Crippen LogP contribution in [-0.2, 0) is 0 Å². The number of benzene rings is 1. The highest BCUT2D eigenvalue weighted by Crippen LogP contribution is 2.18. The Labute approximate surface area is 90.9 Å². The third-order valence-electron chi connectivity index (χ3n) is 2.01. The molecule has 1 N–H and O–H groups in total. The minimum Gasteiger partial charge on any atom is -0.493 e. The SMILES string of the molecule is CC#CCCOc1cccc([C@H](C)O)c1. The van der Waals surface area contributed by atoms with Crippen molar-refractivity contribution in [3.63, 3.8) is 0 Å². The van der Waals surface area contributed by atoms with E-state index >= 15 is 0 Å². The molecule has 2 nitrogen and oxygen atoms in total. The normalized spacial score (nSPS) is 11.4. The van der Waals surface area contributed by atoms with Gasteiger partial charge in [-0.25, -0.2) is 0 Å². The molecule has 0 amide bonds. The summed E-state index contributed by atoms with van der Waals surface area (Å²) in [5, 5.41) is 9.38. The van der Waals surface area contributed by atoms with Crippen molar-refractivity contribution in [2.24, 2.45) is 0 Å². The maximum Gasteiger partial charge on any atom is 0.119 e. The average molecular weight is 204 g/mol. The smallest absolute Gasteiger partial charge is 0.119 e. The lowest BCUT2D eigenvalue weighted by atomic mass is 10.1. The second-order valence-corrected chi connectivity index (χ2v) is 3.27. The highest BCUT2D eigenvalue weighted by molar-refractivity contribution is 5.29. The fraction of sp³-hybridized carbons (Fsp3) is 0.385. The van der Waals surface area contributed by atoms with E-state index < -0.39 is 6.10 Å². The third kappa shape index (κ3) is 4.05. The minimum absolute atomic E-state index is 0.455. The molecule has 1 atom stereocenters. The second kappa shape index (κ2) is 6.10. The summed E-state index contributed by atoms with van der Waals surface area (Å²) >= 11 is 0. The minimum atomic E-state index is -0.455. The Hall–Kier alpha value is -1.46. The topological polar surface area (TPSA) is 29.5 Å². The van der Waals surface area contributed by atoms with Crippen LogP contribution in [0.5, 0.6) is 5.75 Å². The number of aliphatic hydroxyl groups is 1. The lowest BCUT2D eigenvalue weighted by molar-refractivity contribution is 0.198. The zero-order valence-corrected chi connectivity index (χ0v) is 9.16. The lowest BCUT2D eigenvalue weighted by Crippen LogP contribution is -1.97. The molecule has 0 bridgehead atoms. The molecule has 80 valence electrons. The Morgan fingerprint density at radius 3 is 2.93 bits per heavy atom. The highest BCUT2D eigenvalue weighted by atomic mass is 16.5. The fourth-order valence-electron chi connectivity index (χ4n) is 1.21. The third-order valence-corrected chi connectivity index (χ3v) is 2.01. The van der Waals surface area contributed by atoms with Gasteiger partial charge in [-0.3, -0.25) is 0 Å². The first-order chi connectivity index (χ1) is 7.24. The molecule has 1 rings (SSSR count). The Morgan fingerprint density at radius 2 is 2.27 bits per heavy atom. The van der Waals surface area contributed by atoms with Crippen LogP contribution in [0.4, 0.5) is 0 Å². The summed E-state index contributed by atoms with van der Waals surface area (Å²) in [7, 11) is 0. The van der Waals surface area contributed by atoms with E-state index in [4.69, 9.17) is 4.74 Å². The van der Waals surface area contributed by atoms with Gasteiger partial charge in [0.2, 0.25) is 0 Å². The summed E-state index contributed by atoms with van der Waals surface area (Å²) in [6.07, 6.45) is 0.277. The van der Waals surface area contributed by atoms with Crippen molar-refractivity contribution in [1.82, 2.24) is 0 Å². The van der Waals surface area contributed by atoms with Gasteiger partial charge in [0.05, 0.1) is 12.7 Å². The highest BCUT2D eigenvalue weighted by Gasteiger charge is 2.01. The van der Waals surface area contributed by atoms with Gasteiger partial charge in [-0.1, -0.05) is 12.1 Å². The van der Waals surface area contributed by atoms with Gasteiger partial charge in [0.25, 0.3) is 0 Å². The van der Waals surface area contributed by atoms with Crippen LogP contribution in [-0.4, -0.2) is 11.7 Å². The number of rotatable bonds is 4. The van der Waals surface area contributed by atoms with E-state index in [-0.39, 0.29) is 0 Å². The molecular formula is C13H16O2. The Morgan fingerprint density at radius 1 is 1.47 bits per heavy atom. The van der Waals surface area contributed by atoms with Gasteiger partial charge >= 0.3 is 0 Å². The molecule has 0 aromatic heterocycles. The molecule has 2 heteroatoms. The maximum atomic E-state index is 9.38. The summed E-state index contributed by atoms with van der Waals surface area (Å²) in [4.78, 5) is 0. The largest absolute Gasteiger partial charge is 0.493 e. The van der Waals surface area contributed by atoms with Crippen LogP contribution in [0, 0.1) is 11.8 Å². The Bertz CT molecular complexity index is 358. The van der Waals surface area contributed by atoms with Crippen LogP contribution < -0.4 is 4.74 Å². The summed E-state index contributed by atoms with van der Waals surface area (Å²) in [5.41, 5.74) is 0.870. The maximum absolute atomic E-state index is 9.38. The molecule has 0 aliphatic rings. The van der Waals surface area contributed by atoms with Gasteiger partial charge in [-0.15, -0.1) is 11.8 Å². The standard InChI is InChI=1S/C13H16O2/c1-3-4-5-9-15-13-8-6-7-12(10-13)11(2)14/h6-8,10-11,14H,5,9H2,1-2H3/t11-/m0/s1. The van der Waals surface area contributed by atoms with Crippen LogP contribution in [0.2, 0.25) is 0 Å². The number of hydrogen-bond donors (Lipinski definition) is 1. The monoisotopic (exact) mass is 204 g/mol. The van der Waals surface area contributed by atoms with Crippen LogP contribution in [0.25, 0.3) is 0 Å².